The van der Waals surface area contributed by atoms with E-state index in [9.17, 15) is 24.3 Å². The zero-order valence-corrected chi connectivity index (χ0v) is 36.3. The number of ketones is 1. The summed E-state index contributed by atoms with van der Waals surface area (Å²) < 4.78 is 3.79. The number of aromatic nitrogens is 4. The van der Waals surface area contributed by atoms with Crippen LogP contribution in [0.25, 0.3) is 11.1 Å². The third-order valence-electron chi connectivity index (χ3n) is 14.7. The summed E-state index contributed by atoms with van der Waals surface area (Å²) in [5, 5.41) is 13.5. The molecule has 322 valence electrons. The zero-order chi connectivity index (χ0) is 42.8. The molecule has 2 bridgehead atoms. The Kier molecular flexibility index (Phi) is 11.0. The smallest absolute Gasteiger partial charge is 0.314 e. The second kappa shape index (κ2) is 16.2. The highest BCUT2D eigenvalue weighted by atomic mass is 35.5. The molecule has 1 saturated heterocycles. The Bertz CT molecular complexity index is 2430. The standard InChI is InChI=1S/C45H53Cl2N9O5/c1-52-35-12-21-56(28-9-19-55(20-10-28)43(48)61)25-33(35)49-39(52)36(57)23-27-5-3-6-29(37(27)46)30-7-4-8-31(38(30)47)51-41(58)40-50-32-24-54(18-11-34(32)53(40)2)22-17-44-13-15-45(26-44,16-14-44)42(59)60/h3-8,28H,9-26H2,1-2H3,(H2,48,61)(H,51,58)(H,59,60). The number of fused-ring (bicyclic) bond motifs is 4. The largest absolute Gasteiger partial charge is 0.481 e. The number of halogens is 2. The Balaban J connectivity index is 0.850. The number of hydrogen-bond donors (Lipinski definition) is 3. The minimum atomic E-state index is -0.630. The molecular weight excluding hydrogens is 817 g/mol. The van der Waals surface area contributed by atoms with Gasteiger partial charge in [0.25, 0.3) is 5.91 Å². The van der Waals surface area contributed by atoms with E-state index in [1.165, 1.54) is 0 Å². The van der Waals surface area contributed by atoms with E-state index >= 15 is 0 Å². The molecule has 0 atom stereocenters. The first-order valence-corrected chi connectivity index (χ1v) is 22.2. The van der Waals surface area contributed by atoms with E-state index in [2.05, 4.69) is 15.1 Å². The molecule has 2 aromatic heterocycles. The van der Waals surface area contributed by atoms with E-state index < -0.39 is 11.4 Å². The number of primary amides is 1. The van der Waals surface area contributed by atoms with Crippen molar-refractivity contribution in [1.82, 2.24) is 33.8 Å². The van der Waals surface area contributed by atoms with Gasteiger partial charge in [-0.15, -0.1) is 0 Å². The molecule has 5 heterocycles. The van der Waals surface area contributed by atoms with Crippen LogP contribution >= 0.6 is 23.2 Å². The van der Waals surface area contributed by atoms with Gasteiger partial charge >= 0.3 is 12.0 Å². The molecule has 0 unspecified atom stereocenters. The maximum Gasteiger partial charge on any atom is 0.314 e. The van der Waals surface area contributed by atoms with Crippen LogP contribution in [0.1, 0.15) is 101 Å². The number of piperidine rings is 1. The zero-order valence-electron chi connectivity index (χ0n) is 34.8. The van der Waals surface area contributed by atoms with Gasteiger partial charge in [0.2, 0.25) is 5.78 Å². The SMILES string of the molecule is Cn1c(C(=O)Cc2cccc(-c3cccc(NC(=O)c4nc5c(n4C)CCN(CCC46CCC(C(=O)O)(CC4)C6)C5)c3Cl)c2Cl)nc2c1CCN(C1CCN(C(N)=O)CC1)C2. The van der Waals surface area contributed by atoms with E-state index in [1.54, 1.807) is 11.0 Å². The van der Waals surface area contributed by atoms with Crippen molar-refractivity contribution < 1.29 is 24.3 Å². The van der Waals surface area contributed by atoms with Gasteiger partial charge in [-0.25, -0.2) is 14.8 Å². The minimum Gasteiger partial charge on any atom is -0.481 e. The molecule has 4 aromatic rings. The fourth-order valence-electron chi connectivity index (χ4n) is 11.1. The molecule has 14 nitrogen and oxygen atoms in total. The van der Waals surface area contributed by atoms with Crippen LogP contribution in [0.4, 0.5) is 10.5 Å². The number of carbonyl (C=O) groups is 4. The summed E-state index contributed by atoms with van der Waals surface area (Å²) in [6.07, 6.45) is 8.66. The molecular formula is C45H53Cl2N9O5. The van der Waals surface area contributed by atoms with Gasteiger partial charge in [-0.1, -0.05) is 53.5 Å². The highest BCUT2D eigenvalue weighted by molar-refractivity contribution is 6.39. The van der Waals surface area contributed by atoms with Crippen molar-refractivity contribution in [3.8, 4) is 11.1 Å². The van der Waals surface area contributed by atoms with Crippen molar-refractivity contribution in [3.63, 3.8) is 0 Å². The molecule has 9 rings (SSSR count). The summed E-state index contributed by atoms with van der Waals surface area (Å²) in [4.78, 5) is 67.4. The fraction of sp³-hybridized carbons (Fsp3) is 0.511. The number of urea groups is 1. The van der Waals surface area contributed by atoms with Crippen molar-refractivity contribution >= 4 is 52.6 Å². The van der Waals surface area contributed by atoms with Gasteiger partial charge in [-0.3, -0.25) is 24.2 Å². The Labute approximate surface area is 365 Å². The third kappa shape index (κ3) is 7.63. The van der Waals surface area contributed by atoms with Crippen LogP contribution in [-0.2, 0) is 51.2 Å². The van der Waals surface area contributed by atoms with Gasteiger partial charge in [0.15, 0.2) is 11.6 Å². The third-order valence-corrected chi connectivity index (χ3v) is 15.6. The molecule has 3 aliphatic heterocycles. The highest BCUT2D eigenvalue weighted by Gasteiger charge is 2.57. The van der Waals surface area contributed by atoms with Crippen LogP contribution in [0.2, 0.25) is 10.0 Å². The normalized spacial score (nSPS) is 22.9. The molecule has 3 amide bonds. The predicted molar refractivity (Wildman–Crippen MR) is 232 cm³/mol. The number of hydrogen-bond acceptors (Lipinski definition) is 8. The van der Waals surface area contributed by atoms with Gasteiger partial charge < -0.3 is 30.2 Å². The van der Waals surface area contributed by atoms with Gasteiger partial charge in [0.05, 0.1) is 32.5 Å². The Morgan fingerprint density at radius 2 is 1.48 bits per heavy atom. The minimum absolute atomic E-state index is 0.0489. The van der Waals surface area contributed by atoms with Crippen LogP contribution in [0.3, 0.4) is 0 Å². The number of nitrogens with zero attached hydrogens (tertiary/aromatic N) is 7. The van der Waals surface area contributed by atoms with Gasteiger partial charge in [-0.2, -0.15) is 0 Å². The van der Waals surface area contributed by atoms with Crippen molar-refractivity contribution in [2.75, 3.05) is 38.0 Å². The average molecular weight is 871 g/mol. The molecule has 2 aromatic carbocycles. The van der Waals surface area contributed by atoms with Gasteiger partial charge in [0, 0.05) is 101 Å². The van der Waals surface area contributed by atoms with E-state index in [0.717, 1.165) is 107 Å². The van der Waals surface area contributed by atoms with E-state index in [-0.39, 0.29) is 29.6 Å². The highest BCUT2D eigenvalue weighted by Crippen LogP contribution is 2.63. The first kappa shape index (κ1) is 41.6. The summed E-state index contributed by atoms with van der Waals surface area (Å²) in [6, 6.07) is 10.9. The second-order valence-corrected chi connectivity index (χ2v) is 18.8. The second-order valence-electron chi connectivity index (χ2n) is 18.1. The molecule has 5 aliphatic rings. The molecule has 61 heavy (non-hydrogen) atoms. The summed E-state index contributed by atoms with van der Waals surface area (Å²) in [5.74, 6) is -0.441. The molecule has 2 saturated carbocycles. The van der Waals surface area contributed by atoms with E-state index in [1.807, 2.05) is 53.6 Å². The summed E-state index contributed by atoms with van der Waals surface area (Å²) in [6.45, 7) is 5.20. The Hall–Kier alpha value is -4.76. The summed E-state index contributed by atoms with van der Waals surface area (Å²) in [5.41, 5.74) is 11.3. The number of aliphatic carboxylic acids is 1. The topological polar surface area (TPSA) is 172 Å². The van der Waals surface area contributed by atoms with E-state index in [4.69, 9.17) is 38.9 Å². The first-order valence-electron chi connectivity index (χ1n) is 21.5. The lowest BCUT2D eigenvalue weighted by atomic mass is 9.80. The number of likely N-dealkylation sites (tertiary alicyclic amines) is 1. The lowest BCUT2D eigenvalue weighted by molar-refractivity contribution is -0.148. The van der Waals surface area contributed by atoms with Gasteiger partial charge in [-0.05, 0) is 75.0 Å². The maximum atomic E-state index is 13.9. The van der Waals surface area contributed by atoms with Crippen LogP contribution in [-0.4, -0.2) is 101 Å². The quantitative estimate of drug-likeness (QED) is 0.143. The molecule has 4 N–H and O–H groups in total. The number of Topliss-reactive ketones (excluding diaryl/α,β-unsaturated/α-hetero) is 1. The predicted octanol–water partition coefficient (Wildman–Crippen LogP) is 6.49. The molecule has 0 radical (unpaired) electrons. The van der Waals surface area contributed by atoms with Crippen LogP contribution < -0.4 is 11.1 Å². The number of anilines is 1. The number of nitrogens with two attached hydrogens (primary N) is 1. The van der Waals surface area contributed by atoms with Crippen molar-refractivity contribution in [1.29, 1.82) is 0 Å². The van der Waals surface area contributed by atoms with Crippen molar-refractivity contribution in [3.05, 3.63) is 86.4 Å². The Morgan fingerprint density at radius 3 is 2.16 bits per heavy atom. The van der Waals surface area contributed by atoms with Crippen LogP contribution in [0.5, 0.6) is 0 Å². The molecule has 2 aliphatic carbocycles. The lowest BCUT2D eigenvalue weighted by Crippen LogP contribution is -2.49. The number of carbonyl (C=O) groups excluding carboxylic acids is 3. The fourth-order valence-corrected chi connectivity index (χ4v) is 11.7. The number of imidazole rings is 2. The number of rotatable bonds is 11. The monoisotopic (exact) mass is 869 g/mol. The molecule has 16 heteroatoms. The number of nitrogens with one attached hydrogen (secondary N) is 1. The maximum absolute atomic E-state index is 13.9. The van der Waals surface area contributed by atoms with Crippen LogP contribution in [0.15, 0.2) is 36.4 Å². The number of amides is 3. The van der Waals surface area contributed by atoms with Crippen molar-refractivity contribution in [2.24, 2.45) is 30.7 Å². The molecule has 0 spiro atoms. The summed E-state index contributed by atoms with van der Waals surface area (Å²) in [7, 11) is 3.77. The lowest BCUT2D eigenvalue weighted by Gasteiger charge is -2.39. The van der Waals surface area contributed by atoms with E-state index in [0.29, 0.717) is 76.3 Å². The van der Waals surface area contributed by atoms with Crippen LogP contribution in [0, 0.1) is 10.8 Å². The van der Waals surface area contributed by atoms with Gasteiger partial charge in [0.1, 0.15) is 0 Å². The first-order chi connectivity index (χ1) is 29.2. The number of carboxylic acid groups (broad SMARTS) is 1. The average Bonchev–Trinajstić information content (AvgIpc) is 4.02. The molecule has 3 fully saturated rings. The number of carboxylic acids is 1. The summed E-state index contributed by atoms with van der Waals surface area (Å²) >= 11 is 14.1. The Morgan fingerprint density at radius 1 is 0.836 bits per heavy atom. The van der Waals surface area contributed by atoms with Crippen molar-refractivity contribution in [2.45, 2.75) is 89.8 Å². The number of benzene rings is 2.